The van der Waals surface area contributed by atoms with Crippen molar-refractivity contribution in [1.82, 2.24) is 5.32 Å². The summed E-state index contributed by atoms with van der Waals surface area (Å²) >= 11 is 0. The van der Waals surface area contributed by atoms with E-state index in [-0.39, 0.29) is 10.8 Å². The molecule has 3 heteroatoms. The molecular weight excluding hydrogens is 202 g/mol. The summed E-state index contributed by atoms with van der Waals surface area (Å²) in [7, 11) is 1.97. The number of rotatable bonds is 8. The summed E-state index contributed by atoms with van der Waals surface area (Å²) in [6.07, 6.45) is 0. The van der Waals surface area contributed by atoms with E-state index in [2.05, 4.69) is 39.9 Å². The maximum atomic E-state index is 5.60. The third-order valence-corrected chi connectivity index (χ3v) is 2.06. The van der Waals surface area contributed by atoms with Crippen molar-refractivity contribution in [1.29, 1.82) is 0 Å². The van der Waals surface area contributed by atoms with Gasteiger partial charge in [0.25, 0.3) is 0 Å². The van der Waals surface area contributed by atoms with Gasteiger partial charge in [-0.05, 0) is 12.5 Å². The lowest BCUT2D eigenvalue weighted by atomic mass is 9.95. The Balaban J connectivity index is 3.40. The summed E-state index contributed by atoms with van der Waals surface area (Å²) in [4.78, 5) is 0. The Kier molecular flexibility index (Phi) is 7.20. The molecule has 0 aliphatic carbocycles. The molecule has 0 aromatic heterocycles. The zero-order chi connectivity index (χ0) is 12.7. The van der Waals surface area contributed by atoms with E-state index >= 15 is 0 Å². The molecule has 0 atom stereocenters. The van der Waals surface area contributed by atoms with E-state index in [9.17, 15) is 0 Å². The summed E-state index contributed by atoms with van der Waals surface area (Å²) in [5.41, 5.74) is 0.435. The lowest BCUT2D eigenvalue weighted by molar-refractivity contribution is -0.00201. The molecule has 0 radical (unpaired) electrons. The summed E-state index contributed by atoms with van der Waals surface area (Å²) in [5, 5.41) is 3.17. The van der Waals surface area contributed by atoms with Gasteiger partial charge >= 0.3 is 0 Å². The normalized spacial score (nSPS) is 13.1. The van der Waals surface area contributed by atoms with Gasteiger partial charge in [0.05, 0.1) is 26.4 Å². The van der Waals surface area contributed by atoms with Gasteiger partial charge in [-0.2, -0.15) is 0 Å². The first-order valence-corrected chi connectivity index (χ1v) is 6.07. The van der Waals surface area contributed by atoms with E-state index in [0.717, 1.165) is 19.8 Å². The van der Waals surface area contributed by atoms with Gasteiger partial charge in [0.2, 0.25) is 0 Å². The highest BCUT2D eigenvalue weighted by Gasteiger charge is 2.16. The highest BCUT2D eigenvalue weighted by molar-refractivity contribution is 4.69. The van der Waals surface area contributed by atoms with Gasteiger partial charge in [-0.25, -0.2) is 0 Å². The van der Waals surface area contributed by atoms with E-state index in [1.807, 2.05) is 7.05 Å². The Morgan fingerprint density at radius 2 is 1.38 bits per heavy atom. The number of hydrogen-bond acceptors (Lipinski definition) is 3. The molecular formula is C13H29NO2. The molecule has 0 aliphatic rings. The number of hydrogen-bond donors (Lipinski definition) is 1. The maximum absolute atomic E-state index is 5.60. The van der Waals surface area contributed by atoms with E-state index in [1.54, 1.807) is 0 Å². The Hall–Kier alpha value is -0.120. The van der Waals surface area contributed by atoms with E-state index in [0.29, 0.717) is 13.2 Å². The van der Waals surface area contributed by atoms with Gasteiger partial charge in [0, 0.05) is 12.0 Å². The van der Waals surface area contributed by atoms with Gasteiger partial charge in [-0.3, -0.25) is 0 Å². The summed E-state index contributed by atoms with van der Waals surface area (Å²) in [5.74, 6) is 0. The summed E-state index contributed by atoms with van der Waals surface area (Å²) in [6.45, 7) is 14.8. The minimum Gasteiger partial charge on any atom is -0.379 e. The fourth-order valence-electron chi connectivity index (χ4n) is 1.37. The molecule has 0 aliphatic heterocycles. The first kappa shape index (κ1) is 15.9. The molecule has 16 heavy (non-hydrogen) atoms. The lowest BCUT2D eigenvalue weighted by Gasteiger charge is -2.24. The molecule has 0 heterocycles. The smallest absolute Gasteiger partial charge is 0.0700 e. The van der Waals surface area contributed by atoms with Crippen LogP contribution in [0, 0.1) is 10.8 Å². The van der Waals surface area contributed by atoms with E-state index in [1.165, 1.54) is 0 Å². The maximum Gasteiger partial charge on any atom is 0.0700 e. The average Bonchev–Trinajstić information content (AvgIpc) is 2.09. The second kappa shape index (κ2) is 7.25. The fraction of sp³-hybridized carbons (Fsp3) is 1.00. The molecule has 0 saturated carbocycles. The van der Waals surface area contributed by atoms with Crippen molar-refractivity contribution < 1.29 is 9.47 Å². The van der Waals surface area contributed by atoms with Crippen LogP contribution in [0.15, 0.2) is 0 Å². The summed E-state index contributed by atoms with van der Waals surface area (Å²) in [6, 6.07) is 0. The van der Waals surface area contributed by atoms with Crippen LogP contribution in [0.4, 0.5) is 0 Å². The van der Waals surface area contributed by atoms with Crippen LogP contribution in [0.3, 0.4) is 0 Å². The highest BCUT2D eigenvalue weighted by atomic mass is 16.5. The molecule has 0 aromatic rings. The predicted molar refractivity (Wildman–Crippen MR) is 68.8 cm³/mol. The van der Waals surface area contributed by atoms with Crippen molar-refractivity contribution in [2.24, 2.45) is 10.8 Å². The second-order valence-electron chi connectivity index (χ2n) is 6.36. The van der Waals surface area contributed by atoms with Crippen molar-refractivity contribution in [2.75, 3.05) is 40.0 Å². The Morgan fingerprint density at radius 3 is 1.81 bits per heavy atom. The Morgan fingerprint density at radius 1 is 0.875 bits per heavy atom. The minimum absolute atomic E-state index is 0.193. The molecule has 0 fully saturated rings. The molecule has 0 aromatic carbocycles. The van der Waals surface area contributed by atoms with Crippen LogP contribution in [0.2, 0.25) is 0 Å². The molecule has 3 nitrogen and oxygen atoms in total. The Bertz CT molecular complexity index is 173. The van der Waals surface area contributed by atoms with Crippen LogP contribution < -0.4 is 5.32 Å². The number of nitrogens with one attached hydrogen (secondary N) is 1. The molecule has 0 saturated heterocycles. The summed E-state index contributed by atoms with van der Waals surface area (Å²) < 4.78 is 11.1. The van der Waals surface area contributed by atoms with Gasteiger partial charge in [-0.1, -0.05) is 34.6 Å². The molecule has 0 bridgehead atoms. The van der Waals surface area contributed by atoms with Crippen LogP contribution in [-0.2, 0) is 9.47 Å². The van der Waals surface area contributed by atoms with Gasteiger partial charge in [0.1, 0.15) is 0 Å². The van der Waals surface area contributed by atoms with Crippen LogP contribution in [0.1, 0.15) is 34.6 Å². The lowest BCUT2D eigenvalue weighted by Crippen LogP contribution is -2.31. The van der Waals surface area contributed by atoms with Crippen molar-refractivity contribution in [3.63, 3.8) is 0 Å². The predicted octanol–water partition coefficient (Wildman–Crippen LogP) is 2.31. The first-order chi connectivity index (χ1) is 7.27. The third-order valence-electron chi connectivity index (χ3n) is 2.06. The average molecular weight is 231 g/mol. The molecule has 0 spiro atoms. The Labute approximate surface area is 101 Å². The topological polar surface area (TPSA) is 30.5 Å². The van der Waals surface area contributed by atoms with Crippen molar-refractivity contribution in [2.45, 2.75) is 34.6 Å². The standard InChI is InChI=1S/C13H29NO2/c1-12(2,3)10-15-7-8-16-11-13(4,5)9-14-6/h14H,7-11H2,1-6H3. The van der Waals surface area contributed by atoms with Crippen molar-refractivity contribution in [3.8, 4) is 0 Å². The van der Waals surface area contributed by atoms with E-state index < -0.39 is 0 Å². The largest absolute Gasteiger partial charge is 0.379 e. The molecule has 1 N–H and O–H groups in total. The monoisotopic (exact) mass is 231 g/mol. The van der Waals surface area contributed by atoms with Gasteiger partial charge in [-0.15, -0.1) is 0 Å². The number of ether oxygens (including phenoxy) is 2. The molecule has 0 rings (SSSR count). The van der Waals surface area contributed by atoms with E-state index in [4.69, 9.17) is 9.47 Å². The quantitative estimate of drug-likeness (QED) is 0.650. The van der Waals surface area contributed by atoms with Crippen molar-refractivity contribution >= 4 is 0 Å². The first-order valence-electron chi connectivity index (χ1n) is 6.07. The van der Waals surface area contributed by atoms with Crippen LogP contribution in [0.5, 0.6) is 0 Å². The zero-order valence-electron chi connectivity index (χ0n) is 11.9. The molecule has 0 amide bonds. The van der Waals surface area contributed by atoms with Crippen molar-refractivity contribution in [3.05, 3.63) is 0 Å². The van der Waals surface area contributed by atoms with Crippen LogP contribution in [0.25, 0.3) is 0 Å². The fourth-order valence-corrected chi connectivity index (χ4v) is 1.37. The second-order valence-corrected chi connectivity index (χ2v) is 6.36. The zero-order valence-corrected chi connectivity index (χ0v) is 11.9. The highest BCUT2D eigenvalue weighted by Crippen LogP contribution is 2.14. The van der Waals surface area contributed by atoms with Crippen LogP contribution in [-0.4, -0.2) is 40.0 Å². The SMILES string of the molecule is CNCC(C)(C)COCCOCC(C)(C)C. The molecule has 98 valence electrons. The van der Waals surface area contributed by atoms with Gasteiger partial charge in [0.15, 0.2) is 0 Å². The third kappa shape index (κ3) is 10.4. The van der Waals surface area contributed by atoms with Crippen LogP contribution >= 0.6 is 0 Å². The minimum atomic E-state index is 0.193. The molecule has 0 unspecified atom stereocenters. The van der Waals surface area contributed by atoms with Gasteiger partial charge < -0.3 is 14.8 Å².